The zero-order valence-electron chi connectivity index (χ0n) is 6.99. The highest BCUT2D eigenvalue weighted by atomic mass is 16.3. The second-order valence-corrected chi connectivity index (χ2v) is 3.85. The maximum absolute atomic E-state index is 11.6. The molecule has 2 rings (SSSR count). The molecule has 1 amide bonds. The van der Waals surface area contributed by atoms with Gasteiger partial charge in [0.2, 0.25) is 5.91 Å². The Bertz CT molecular complexity index is 213. The maximum Gasteiger partial charge on any atom is 0.242 e. The predicted molar refractivity (Wildman–Crippen MR) is 43.4 cm³/mol. The highest BCUT2D eigenvalue weighted by Gasteiger charge is 2.49. The lowest BCUT2D eigenvalue weighted by Gasteiger charge is -2.19. The minimum Gasteiger partial charge on any atom is -0.391 e. The van der Waals surface area contributed by atoms with Gasteiger partial charge in [-0.2, -0.15) is 0 Å². The van der Waals surface area contributed by atoms with Crippen molar-refractivity contribution in [2.24, 2.45) is 5.73 Å². The van der Waals surface area contributed by atoms with Crippen LogP contribution in [0, 0.1) is 0 Å². The summed E-state index contributed by atoms with van der Waals surface area (Å²) >= 11 is 0. The number of hydrogen-bond acceptors (Lipinski definition) is 3. The van der Waals surface area contributed by atoms with Crippen LogP contribution in [0.3, 0.4) is 0 Å². The Labute approximate surface area is 71.3 Å². The molecule has 2 aliphatic rings. The molecule has 0 aromatic rings. The summed E-state index contributed by atoms with van der Waals surface area (Å²) in [5.74, 6) is 0.0269. The third-order valence-electron chi connectivity index (χ3n) is 2.67. The molecule has 3 N–H and O–H groups in total. The van der Waals surface area contributed by atoms with Crippen LogP contribution < -0.4 is 5.73 Å². The van der Waals surface area contributed by atoms with Gasteiger partial charge in [0, 0.05) is 13.1 Å². The van der Waals surface area contributed by atoms with Crippen molar-refractivity contribution >= 4 is 5.91 Å². The van der Waals surface area contributed by atoms with Crippen LogP contribution in [0.2, 0.25) is 0 Å². The number of nitrogens with zero attached hydrogens (tertiary/aromatic N) is 1. The van der Waals surface area contributed by atoms with Crippen LogP contribution in [0.15, 0.2) is 0 Å². The van der Waals surface area contributed by atoms with Gasteiger partial charge in [-0.25, -0.2) is 0 Å². The first-order chi connectivity index (χ1) is 5.62. The van der Waals surface area contributed by atoms with Crippen molar-refractivity contribution in [3.05, 3.63) is 0 Å². The molecule has 0 radical (unpaired) electrons. The lowest BCUT2D eigenvalue weighted by molar-refractivity contribution is -0.132. The van der Waals surface area contributed by atoms with Crippen LogP contribution in [0.25, 0.3) is 0 Å². The summed E-state index contributed by atoms with van der Waals surface area (Å²) in [6, 6.07) is 0. The second-order valence-electron chi connectivity index (χ2n) is 3.85. The van der Waals surface area contributed by atoms with E-state index in [0.717, 1.165) is 12.8 Å². The monoisotopic (exact) mass is 170 g/mol. The average molecular weight is 170 g/mol. The van der Waals surface area contributed by atoms with Gasteiger partial charge >= 0.3 is 0 Å². The zero-order valence-corrected chi connectivity index (χ0v) is 6.99. The number of hydrogen-bond donors (Lipinski definition) is 2. The lowest BCUT2D eigenvalue weighted by atomic mass is 10.2. The first-order valence-electron chi connectivity index (χ1n) is 4.38. The number of β-amino-alcohol motifs (C(OH)–C–C–N with tert-alkyl or cyclic N) is 1. The molecule has 0 spiro atoms. The Morgan fingerprint density at radius 1 is 1.58 bits per heavy atom. The number of rotatable bonds is 1. The summed E-state index contributed by atoms with van der Waals surface area (Å²) in [5.41, 5.74) is 5.18. The molecule has 1 heterocycles. The lowest BCUT2D eigenvalue weighted by Crippen LogP contribution is -2.44. The standard InChI is InChI=1S/C8H14N2O2/c9-8(2-3-8)7(12)10-4-1-6(11)5-10/h6,11H,1-5,9H2/t6-/m1/s1. The molecule has 0 bridgehead atoms. The molecule has 2 fully saturated rings. The molecule has 1 aliphatic heterocycles. The van der Waals surface area contributed by atoms with E-state index in [-0.39, 0.29) is 12.0 Å². The molecule has 68 valence electrons. The molecule has 0 aromatic carbocycles. The van der Waals surface area contributed by atoms with E-state index in [2.05, 4.69) is 0 Å². The van der Waals surface area contributed by atoms with Crippen molar-refractivity contribution in [1.82, 2.24) is 4.90 Å². The molecule has 0 unspecified atom stereocenters. The van der Waals surface area contributed by atoms with E-state index < -0.39 is 5.54 Å². The summed E-state index contributed by atoms with van der Waals surface area (Å²) in [4.78, 5) is 13.2. The number of carbonyl (C=O) groups excluding carboxylic acids is 1. The van der Waals surface area contributed by atoms with E-state index in [1.807, 2.05) is 0 Å². The topological polar surface area (TPSA) is 66.6 Å². The Hall–Kier alpha value is -0.610. The highest BCUT2D eigenvalue weighted by molar-refractivity contribution is 5.89. The maximum atomic E-state index is 11.6. The number of amides is 1. The minimum absolute atomic E-state index is 0.0269. The Morgan fingerprint density at radius 3 is 2.67 bits per heavy atom. The first kappa shape index (κ1) is 8.01. The summed E-state index contributed by atoms with van der Waals surface area (Å²) in [7, 11) is 0. The Morgan fingerprint density at radius 2 is 2.25 bits per heavy atom. The quantitative estimate of drug-likeness (QED) is 0.534. The highest BCUT2D eigenvalue weighted by Crippen LogP contribution is 2.34. The second kappa shape index (κ2) is 2.44. The van der Waals surface area contributed by atoms with Gasteiger partial charge in [0.15, 0.2) is 0 Å². The Kier molecular flexibility index (Phi) is 1.63. The molecular formula is C8H14N2O2. The van der Waals surface area contributed by atoms with E-state index >= 15 is 0 Å². The molecule has 1 saturated carbocycles. The normalized spacial score (nSPS) is 32.2. The Balaban J connectivity index is 1.97. The third-order valence-corrected chi connectivity index (χ3v) is 2.67. The van der Waals surface area contributed by atoms with Crippen LogP contribution in [-0.2, 0) is 4.79 Å². The molecule has 1 saturated heterocycles. The first-order valence-corrected chi connectivity index (χ1v) is 4.38. The largest absolute Gasteiger partial charge is 0.391 e. The summed E-state index contributed by atoms with van der Waals surface area (Å²) in [6.07, 6.45) is 1.97. The van der Waals surface area contributed by atoms with E-state index in [0.29, 0.717) is 19.5 Å². The van der Waals surface area contributed by atoms with Gasteiger partial charge in [0.1, 0.15) is 0 Å². The van der Waals surface area contributed by atoms with Gasteiger partial charge in [-0.3, -0.25) is 4.79 Å². The van der Waals surface area contributed by atoms with Crippen molar-refractivity contribution in [3.63, 3.8) is 0 Å². The number of carbonyl (C=O) groups is 1. The molecule has 4 heteroatoms. The van der Waals surface area contributed by atoms with Crippen LogP contribution in [0.4, 0.5) is 0 Å². The molecule has 0 aromatic heterocycles. The van der Waals surface area contributed by atoms with Crippen molar-refractivity contribution in [1.29, 1.82) is 0 Å². The SMILES string of the molecule is NC1(C(=O)N2CC[C@@H](O)C2)CC1. The fourth-order valence-electron chi connectivity index (χ4n) is 1.59. The van der Waals surface area contributed by atoms with Gasteiger partial charge < -0.3 is 15.7 Å². The molecule has 4 nitrogen and oxygen atoms in total. The van der Waals surface area contributed by atoms with E-state index in [9.17, 15) is 9.90 Å². The molecule has 1 aliphatic carbocycles. The van der Waals surface area contributed by atoms with Crippen LogP contribution in [-0.4, -0.2) is 40.6 Å². The van der Waals surface area contributed by atoms with E-state index in [4.69, 9.17) is 5.73 Å². The molecular weight excluding hydrogens is 156 g/mol. The van der Waals surface area contributed by atoms with Crippen molar-refractivity contribution in [2.75, 3.05) is 13.1 Å². The fourth-order valence-corrected chi connectivity index (χ4v) is 1.59. The van der Waals surface area contributed by atoms with E-state index in [1.165, 1.54) is 0 Å². The number of likely N-dealkylation sites (tertiary alicyclic amines) is 1. The van der Waals surface area contributed by atoms with E-state index in [1.54, 1.807) is 4.90 Å². The van der Waals surface area contributed by atoms with Crippen molar-refractivity contribution in [3.8, 4) is 0 Å². The summed E-state index contributed by atoms with van der Waals surface area (Å²) in [6.45, 7) is 1.14. The number of aliphatic hydroxyl groups is 1. The van der Waals surface area contributed by atoms with Crippen molar-refractivity contribution < 1.29 is 9.90 Å². The minimum atomic E-state index is -0.565. The predicted octanol–water partition coefficient (Wildman–Crippen LogP) is -0.929. The van der Waals surface area contributed by atoms with Gasteiger partial charge in [0.25, 0.3) is 0 Å². The number of nitrogens with two attached hydrogens (primary N) is 1. The van der Waals surface area contributed by atoms with Crippen molar-refractivity contribution in [2.45, 2.75) is 30.9 Å². The average Bonchev–Trinajstić information content (AvgIpc) is 2.62. The van der Waals surface area contributed by atoms with Crippen LogP contribution in [0.5, 0.6) is 0 Å². The van der Waals surface area contributed by atoms with Gasteiger partial charge in [-0.15, -0.1) is 0 Å². The number of aliphatic hydroxyl groups excluding tert-OH is 1. The van der Waals surface area contributed by atoms with Crippen LogP contribution in [0.1, 0.15) is 19.3 Å². The smallest absolute Gasteiger partial charge is 0.242 e. The third kappa shape index (κ3) is 1.21. The summed E-state index contributed by atoms with van der Waals surface area (Å²) < 4.78 is 0. The molecule has 1 atom stereocenters. The van der Waals surface area contributed by atoms with Gasteiger partial charge in [-0.05, 0) is 19.3 Å². The fraction of sp³-hybridized carbons (Fsp3) is 0.875. The zero-order chi connectivity index (χ0) is 8.77. The van der Waals surface area contributed by atoms with Gasteiger partial charge in [-0.1, -0.05) is 0 Å². The molecule has 12 heavy (non-hydrogen) atoms. The van der Waals surface area contributed by atoms with Crippen LogP contribution >= 0.6 is 0 Å². The summed E-state index contributed by atoms with van der Waals surface area (Å²) in [5, 5.41) is 9.20. The van der Waals surface area contributed by atoms with Gasteiger partial charge in [0.05, 0.1) is 11.6 Å².